The topological polar surface area (TPSA) is 90.2 Å². The first-order valence-electron chi connectivity index (χ1n) is 7.61. The highest BCUT2D eigenvalue weighted by Gasteiger charge is 2.29. The lowest BCUT2D eigenvalue weighted by Gasteiger charge is -2.13. The Kier molecular flexibility index (Phi) is 4.10. The van der Waals surface area contributed by atoms with Crippen molar-refractivity contribution in [1.82, 2.24) is 0 Å². The largest absolute Gasteiger partial charge is 0.507 e. The number of phenols is 1. The number of rotatable bonds is 3. The zero-order valence-electron chi connectivity index (χ0n) is 13.7. The van der Waals surface area contributed by atoms with Crippen molar-refractivity contribution in [3.05, 3.63) is 64.7 Å². The van der Waals surface area contributed by atoms with Crippen molar-refractivity contribution in [2.45, 2.75) is 13.8 Å². The van der Waals surface area contributed by atoms with Crippen LogP contribution in [-0.4, -0.2) is 27.8 Å². The molecule has 0 unspecified atom stereocenters. The second-order valence-corrected chi connectivity index (χ2v) is 5.78. The molecule has 0 atom stereocenters. The highest BCUT2D eigenvalue weighted by atomic mass is 16.4. The Morgan fingerprint density at radius 2 is 1.80 bits per heavy atom. The van der Waals surface area contributed by atoms with Crippen molar-refractivity contribution in [2.24, 2.45) is 5.10 Å². The molecule has 0 bridgehead atoms. The molecule has 3 rings (SSSR count). The number of hydrazone groups is 1. The third kappa shape index (κ3) is 3.14. The minimum atomic E-state index is -1.28. The standard InChI is InChI=1S/C19H16N2O4/c1-11-3-5-13(6-4-11)9-15-12(2)20-21(18(15)23)14-7-8-17(22)16(10-14)19(24)25/h3-10,22H,1-2H3,(H,24,25)/b15-9-. The number of amides is 1. The van der Waals surface area contributed by atoms with E-state index < -0.39 is 5.97 Å². The molecule has 0 spiro atoms. The number of aryl methyl sites for hydroxylation is 1. The summed E-state index contributed by atoms with van der Waals surface area (Å²) < 4.78 is 0. The van der Waals surface area contributed by atoms with E-state index in [-0.39, 0.29) is 22.9 Å². The molecule has 1 aliphatic rings. The molecule has 0 saturated heterocycles. The molecule has 1 heterocycles. The van der Waals surface area contributed by atoms with E-state index in [0.29, 0.717) is 11.3 Å². The predicted octanol–water partition coefficient (Wildman–Crippen LogP) is 3.20. The van der Waals surface area contributed by atoms with Gasteiger partial charge in [-0.15, -0.1) is 0 Å². The van der Waals surface area contributed by atoms with E-state index >= 15 is 0 Å². The molecule has 2 N–H and O–H groups in total. The summed E-state index contributed by atoms with van der Waals surface area (Å²) in [4.78, 5) is 23.8. The lowest BCUT2D eigenvalue weighted by atomic mass is 10.1. The first-order valence-corrected chi connectivity index (χ1v) is 7.61. The molecule has 1 aliphatic heterocycles. The van der Waals surface area contributed by atoms with Crippen LogP contribution < -0.4 is 5.01 Å². The molecule has 2 aromatic carbocycles. The van der Waals surface area contributed by atoms with Crippen molar-refractivity contribution in [1.29, 1.82) is 0 Å². The fraction of sp³-hybridized carbons (Fsp3) is 0.105. The SMILES string of the molecule is CC1=NN(c2ccc(O)c(C(=O)O)c2)C(=O)/C1=C\c1ccc(C)cc1. The van der Waals surface area contributed by atoms with Gasteiger partial charge in [0.05, 0.1) is 17.0 Å². The Morgan fingerprint density at radius 1 is 1.12 bits per heavy atom. The van der Waals surface area contributed by atoms with E-state index in [1.54, 1.807) is 13.0 Å². The van der Waals surface area contributed by atoms with Gasteiger partial charge in [0.2, 0.25) is 0 Å². The molecule has 0 saturated carbocycles. The number of aromatic carboxylic acids is 1. The van der Waals surface area contributed by atoms with Gasteiger partial charge < -0.3 is 10.2 Å². The highest BCUT2D eigenvalue weighted by Crippen LogP contribution is 2.29. The van der Waals surface area contributed by atoms with Gasteiger partial charge in [-0.3, -0.25) is 4.79 Å². The van der Waals surface area contributed by atoms with Crippen LogP contribution in [0.2, 0.25) is 0 Å². The number of aromatic hydroxyl groups is 1. The third-order valence-electron chi connectivity index (χ3n) is 3.91. The van der Waals surface area contributed by atoms with Crippen LogP contribution in [0.4, 0.5) is 5.69 Å². The number of hydrogen-bond donors (Lipinski definition) is 2. The number of benzene rings is 2. The summed E-state index contributed by atoms with van der Waals surface area (Å²) >= 11 is 0. The number of carboxylic acids is 1. The van der Waals surface area contributed by atoms with Crippen LogP contribution in [0.5, 0.6) is 5.75 Å². The maximum Gasteiger partial charge on any atom is 0.339 e. The van der Waals surface area contributed by atoms with Crippen LogP contribution in [0.25, 0.3) is 6.08 Å². The Bertz CT molecular complexity index is 927. The van der Waals surface area contributed by atoms with Crippen LogP contribution in [0.3, 0.4) is 0 Å². The van der Waals surface area contributed by atoms with Gasteiger partial charge in [-0.25, -0.2) is 4.79 Å². The van der Waals surface area contributed by atoms with Crippen LogP contribution in [0, 0.1) is 6.92 Å². The molecule has 0 radical (unpaired) electrons. The number of carboxylic acid groups (broad SMARTS) is 1. The van der Waals surface area contributed by atoms with Crippen molar-refractivity contribution in [2.75, 3.05) is 5.01 Å². The number of carbonyl (C=O) groups is 2. The Labute approximate surface area is 144 Å². The Balaban J connectivity index is 1.96. The summed E-state index contributed by atoms with van der Waals surface area (Å²) in [5, 5.41) is 24.1. The molecular formula is C19H16N2O4. The summed E-state index contributed by atoms with van der Waals surface area (Å²) in [6, 6.07) is 11.6. The molecule has 6 heteroatoms. The fourth-order valence-corrected chi connectivity index (χ4v) is 2.52. The average Bonchev–Trinajstić information content (AvgIpc) is 2.85. The molecule has 0 fully saturated rings. The highest BCUT2D eigenvalue weighted by molar-refractivity contribution is 6.32. The van der Waals surface area contributed by atoms with Gasteiger partial charge in [0.15, 0.2) is 0 Å². The quantitative estimate of drug-likeness (QED) is 0.842. The van der Waals surface area contributed by atoms with Gasteiger partial charge in [0.1, 0.15) is 11.3 Å². The third-order valence-corrected chi connectivity index (χ3v) is 3.91. The van der Waals surface area contributed by atoms with Crippen molar-refractivity contribution in [3.63, 3.8) is 0 Å². The molecule has 0 aromatic heterocycles. The van der Waals surface area contributed by atoms with Gasteiger partial charge in [0.25, 0.3) is 5.91 Å². The maximum atomic E-state index is 12.7. The van der Waals surface area contributed by atoms with Crippen LogP contribution in [0.1, 0.15) is 28.4 Å². The average molecular weight is 336 g/mol. The van der Waals surface area contributed by atoms with Gasteiger partial charge >= 0.3 is 5.97 Å². The number of nitrogens with zero attached hydrogens (tertiary/aromatic N) is 2. The van der Waals surface area contributed by atoms with E-state index in [0.717, 1.165) is 16.1 Å². The molecular weight excluding hydrogens is 320 g/mol. The summed E-state index contributed by atoms with van der Waals surface area (Å²) in [5.41, 5.74) is 2.98. The van der Waals surface area contributed by atoms with Gasteiger partial charge in [0, 0.05) is 0 Å². The van der Waals surface area contributed by atoms with Crippen molar-refractivity contribution in [3.8, 4) is 5.75 Å². The second kappa shape index (κ2) is 6.24. The van der Waals surface area contributed by atoms with E-state index in [2.05, 4.69) is 5.10 Å². The number of anilines is 1. The van der Waals surface area contributed by atoms with Crippen LogP contribution >= 0.6 is 0 Å². The van der Waals surface area contributed by atoms with Crippen LogP contribution in [0.15, 0.2) is 53.1 Å². The van der Waals surface area contributed by atoms with Crippen molar-refractivity contribution < 1.29 is 19.8 Å². The molecule has 6 nitrogen and oxygen atoms in total. The fourth-order valence-electron chi connectivity index (χ4n) is 2.52. The maximum absolute atomic E-state index is 12.7. The summed E-state index contributed by atoms with van der Waals surface area (Å²) in [6.07, 6.45) is 1.75. The van der Waals surface area contributed by atoms with Gasteiger partial charge in [-0.1, -0.05) is 29.8 Å². The first kappa shape index (κ1) is 16.4. The molecule has 0 aliphatic carbocycles. The molecule has 2 aromatic rings. The summed E-state index contributed by atoms with van der Waals surface area (Å²) in [5.74, 6) is -1.98. The zero-order chi connectivity index (χ0) is 18.1. The van der Waals surface area contributed by atoms with Crippen LogP contribution in [-0.2, 0) is 4.79 Å². The van der Waals surface area contributed by atoms with Gasteiger partial charge in [-0.2, -0.15) is 10.1 Å². The predicted molar refractivity (Wildman–Crippen MR) is 94.8 cm³/mol. The van der Waals surface area contributed by atoms with Gasteiger partial charge in [-0.05, 0) is 43.7 Å². The minimum Gasteiger partial charge on any atom is -0.507 e. The lowest BCUT2D eigenvalue weighted by molar-refractivity contribution is -0.114. The van der Waals surface area contributed by atoms with E-state index in [4.69, 9.17) is 5.11 Å². The number of hydrogen-bond acceptors (Lipinski definition) is 4. The summed E-state index contributed by atoms with van der Waals surface area (Å²) in [6.45, 7) is 3.70. The zero-order valence-corrected chi connectivity index (χ0v) is 13.7. The Hall–Kier alpha value is -3.41. The molecule has 1 amide bonds. The Morgan fingerprint density at radius 3 is 2.44 bits per heavy atom. The smallest absolute Gasteiger partial charge is 0.339 e. The monoisotopic (exact) mass is 336 g/mol. The minimum absolute atomic E-state index is 0.283. The lowest BCUT2D eigenvalue weighted by Crippen LogP contribution is -2.21. The molecule has 25 heavy (non-hydrogen) atoms. The number of carbonyl (C=O) groups excluding carboxylic acids is 1. The second-order valence-electron chi connectivity index (χ2n) is 5.78. The van der Waals surface area contributed by atoms with Crippen molar-refractivity contribution >= 4 is 29.4 Å². The first-order chi connectivity index (χ1) is 11.9. The van der Waals surface area contributed by atoms with E-state index in [9.17, 15) is 14.7 Å². The van der Waals surface area contributed by atoms with E-state index in [1.807, 2.05) is 31.2 Å². The molecule has 126 valence electrons. The normalized spacial score (nSPS) is 15.6. The van der Waals surface area contributed by atoms with E-state index in [1.165, 1.54) is 18.2 Å². The summed E-state index contributed by atoms with van der Waals surface area (Å²) in [7, 11) is 0.